The summed E-state index contributed by atoms with van der Waals surface area (Å²) in [6.45, 7) is 1.69. The van der Waals surface area contributed by atoms with Crippen molar-refractivity contribution in [2.45, 2.75) is 19.5 Å². The van der Waals surface area contributed by atoms with Gasteiger partial charge < -0.3 is 14.6 Å². The number of fused-ring (bicyclic) bond motifs is 2. The lowest BCUT2D eigenvalue weighted by atomic mass is 10.1. The first-order valence-corrected chi connectivity index (χ1v) is 12.1. The Hall–Kier alpha value is -3.64. The summed E-state index contributed by atoms with van der Waals surface area (Å²) in [5, 5.41) is 5.29. The van der Waals surface area contributed by atoms with Crippen molar-refractivity contribution in [1.82, 2.24) is 14.9 Å². The second-order valence-electron chi connectivity index (χ2n) is 8.04. The van der Waals surface area contributed by atoms with Crippen LogP contribution >= 0.6 is 15.9 Å². The zero-order chi connectivity index (χ0) is 23.3. The minimum Gasteiger partial charge on any atom is -0.493 e. The molecule has 170 valence electrons. The highest BCUT2D eigenvalue weighted by atomic mass is 79.9. The highest BCUT2D eigenvalue weighted by Crippen LogP contribution is 2.25. The first-order valence-electron chi connectivity index (χ1n) is 11.3. The summed E-state index contributed by atoms with van der Waals surface area (Å²) in [6.07, 6.45) is 0.817. The van der Waals surface area contributed by atoms with Crippen LogP contribution in [0.5, 0.6) is 5.75 Å². The SMILES string of the molecule is O=C(NCc1nc2ccccc2n1CCCOc1cccc2ccccc12)c1ccc(Br)cc1. The van der Waals surface area contributed by atoms with Gasteiger partial charge in [-0.15, -0.1) is 0 Å². The number of aromatic nitrogens is 2. The number of carbonyl (C=O) groups excluding carboxylic acids is 1. The van der Waals surface area contributed by atoms with Gasteiger partial charge in [-0.25, -0.2) is 4.98 Å². The van der Waals surface area contributed by atoms with Crippen molar-refractivity contribution >= 4 is 43.6 Å². The van der Waals surface area contributed by atoms with Crippen molar-refractivity contribution < 1.29 is 9.53 Å². The Morgan fingerprint density at radius 2 is 1.68 bits per heavy atom. The normalized spacial score (nSPS) is 11.1. The van der Waals surface area contributed by atoms with Crippen molar-refractivity contribution in [3.8, 4) is 5.75 Å². The van der Waals surface area contributed by atoms with Gasteiger partial charge in [0.2, 0.25) is 0 Å². The second kappa shape index (κ2) is 10.1. The lowest BCUT2D eigenvalue weighted by Gasteiger charge is -2.12. The summed E-state index contributed by atoms with van der Waals surface area (Å²) < 4.78 is 9.24. The van der Waals surface area contributed by atoms with Gasteiger partial charge >= 0.3 is 0 Å². The Balaban J connectivity index is 1.27. The van der Waals surface area contributed by atoms with E-state index in [1.807, 2.05) is 54.6 Å². The van der Waals surface area contributed by atoms with Gasteiger partial charge in [0, 0.05) is 22.0 Å². The molecule has 0 fully saturated rings. The fourth-order valence-electron chi connectivity index (χ4n) is 4.10. The predicted octanol–water partition coefficient (Wildman–Crippen LogP) is 6.35. The molecule has 0 saturated heterocycles. The third kappa shape index (κ3) is 4.82. The van der Waals surface area contributed by atoms with E-state index in [2.05, 4.69) is 50.1 Å². The van der Waals surface area contributed by atoms with E-state index >= 15 is 0 Å². The number of nitrogens with one attached hydrogen (secondary N) is 1. The van der Waals surface area contributed by atoms with Crippen molar-refractivity contribution in [2.75, 3.05) is 6.61 Å². The third-order valence-corrected chi connectivity index (χ3v) is 6.31. The van der Waals surface area contributed by atoms with E-state index < -0.39 is 0 Å². The second-order valence-corrected chi connectivity index (χ2v) is 8.95. The Bertz CT molecular complexity index is 1440. The average molecular weight is 514 g/mol. The topological polar surface area (TPSA) is 56.2 Å². The number of hydrogen-bond acceptors (Lipinski definition) is 3. The van der Waals surface area contributed by atoms with Gasteiger partial charge in [0.05, 0.1) is 24.2 Å². The minimum absolute atomic E-state index is 0.120. The third-order valence-electron chi connectivity index (χ3n) is 5.78. The highest BCUT2D eigenvalue weighted by molar-refractivity contribution is 9.10. The van der Waals surface area contributed by atoms with E-state index in [4.69, 9.17) is 9.72 Å². The molecule has 0 aliphatic heterocycles. The average Bonchev–Trinajstić information content (AvgIpc) is 3.23. The molecule has 5 nitrogen and oxygen atoms in total. The summed E-state index contributed by atoms with van der Waals surface area (Å²) in [7, 11) is 0. The maximum Gasteiger partial charge on any atom is 0.251 e. The van der Waals surface area contributed by atoms with Crippen molar-refractivity contribution in [1.29, 1.82) is 0 Å². The van der Waals surface area contributed by atoms with Crippen LogP contribution in [0.3, 0.4) is 0 Å². The highest BCUT2D eigenvalue weighted by Gasteiger charge is 2.13. The number of aryl methyl sites for hydroxylation is 1. The molecule has 1 heterocycles. The van der Waals surface area contributed by atoms with E-state index in [0.717, 1.165) is 45.4 Å². The van der Waals surface area contributed by atoms with E-state index in [0.29, 0.717) is 18.7 Å². The fourth-order valence-corrected chi connectivity index (χ4v) is 4.36. The molecule has 1 N–H and O–H groups in total. The molecule has 0 radical (unpaired) electrons. The molecule has 6 heteroatoms. The van der Waals surface area contributed by atoms with E-state index in [1.54, 1.807) is 12.1 Å². The van der Waals surface area contributed by atoms with Crippen LogP contribution in [-0.4, -0.2) is 22.1 Å². The Labute approximate surface area is 206 Å². The number of ether oxygens (including phenoxy) is 1. The molecule has 34 heavy (non-hydrogen) atoms. The summed E-state index contributed by atoms with van der Waals surface area (Å²) in [6, 6.07) is 29.7. The Morgan fingerprint density at radius 3 is 2.56 bits per heavy atom. The Morgan fingerprint density at radius 1 is 0.912 bits per heavy atom. The van der Waals surface area contributed by atoms with Gasteiger partial charge in [-0.05, 0) is 54.3 Å². The number of para-hydroxylation sites is 2. The van der Waals surface area contributed by atoms with Crippen LogP contribution in [0.4, 0.5) is 0 Å². The molecule has 0 unspecified atom stereocenters. The number of carbonyl (C=O) groups is 1. The van der Waals surface area contributed by atoms with Gasteiger partial charge in [0.1, 0.15) is 11.6 Å². The van der Waals surface area contributed by atoms with Gasteiger partial charge in [-0.3, -0.25) is 4.79 Å². The standard InChI is InChI=1S/C28H24BrN3O2/c29-22-15-13-21(14-16-22)28(33)30-19-27-31-24-10-3-4-11-25(24)32(27)17-6-18-34-26-12-5-8-20-7-1-2-9-23(20)26/h1-5,7-16H,6,17-19H2,(H,30,33). The molecule has 5 aromatic rings. The number of imidazole rings is 1. The van der Waals surface area contributed by atoms with Gasteiger partial charge in [0.15, 0.2) is 0 Å². The van der Waals surface area contributed by atoms with E-state index in [-0.39, 0.29) is 5.91 Å². The summed E-state index contributed by atoms with van der Waals surface area (Å²) in [5.41, 5.74) is 2.60. The lowest BCUT2D eigenvalue weighted by molar-refractivity contribution is 0.0949. The molecular formula is C28H24BrN3O2. The largest absolute Gasteiger partial charge is 0.493 e. The van der Waals surface area contributed by atoms with Crippen LogP contribution in [0, 0.1) is 0 Å². The van der Waals surface area contributed by atoms with E-state index in [1.165, 1.54) is 5.39 Å². The molecular weight excluding hydrogens is 490 g/mol. The van der Waals surface area contributed by atoms with Crippen molar-refractivity contribution in [2.24, 2.45) is 0 Å². The number of nitrogens with zero attached hydrogens (tertiary/aromatic N) is 2. The molecule has 4 aromatic carbocycles. The number of halogens is 1. The molecule has 0 bridgehead atoms. The number of amides is 1. The zero-order valence-corrected chi connectivity index (χ0v) is 20.2. The van der Waals surface area contributed by atoms with E-state index in [9.17, 15) is 4.79 Å². The number of rotatable bonds is 8. The van der Waals surface area contributed by atoms with Crippen LogP contribution in [0.1, 0.15) is 22.6 Å². The smallest absolute Gasteiger partial charge is 0.251 e. The summed E-state index contributed by atoms with van der Waals surface area (Å²) >= 11 is 3.40. The summed E-state index contributed by atoms with van der Waals surface area (Å²) in [4.78, 5) is 17.4. The molecule has 0 saturated carbocycles. The quantitative estimate of drug-likeness (QED) is 0.246. The molecule has 1 amide bonds. The first-order chi connectivity index (χ1) is 16.7. The molecule has 0 spiro atoms. The van der Waals surface area contributed by atoms with Crippen LogP contribution in [0.25, 0.3) is 21.8 Å². The first kappa shape index (κ1) is 22.2. The van der Waals surface area contributed by atoms with Crippen molar-refractivity contribution in [3.05, 3.63) is 107 Å². The van der Waals surface area contributed by atoms with Gasteiger partial charge in [-0.1, -0.05) is 64.5 Å². The molecule has 0 aliphatic rings. The zero-order valence-electron chi connectivity index (χ0n) is 18.6. The number of hydrogen-bond donors (Lipinski definition) is 1. The van der Waals surface area contributed by atoms with Crippen LogP contribution in [0.2, 0.25) is 0 Å². The van der Waals surface area contributed by atoms with Crippen LogP contribution in [-0.2, 0) is 13.1 Å². The monoisotopic (exact) mass is 513 g/mol. The molecule has 1 aromatic heterocycles. The predicted molar refractivity (Wildman–Crippen MR) is 139 cm³/mol. The van der Waals surface area contributed by atoms with Crippen LogP contribution < -0.4 is 10.1 Å². The maximum absolute atomic E-state index is 12.6. The van der Waals surface area contributed by atoms with Crippen molar-refractivity contribution in [3.63, 3.8) is 0 Å². The van der Waals surface area contributed by atoms with Crippen LogP contribution in [0.15, 0.2) is 95.5 Å². The minimum atomic E-state index is -0.120. The van der Waals surface area contributed by atoms with Gasteiger partial charge in [-0.2, -0.15) is 0 Å². The molecule has 0 atom stereocenters. The molecule has 5 rings (SSSR count). The Kier molecular flexibility index (Phi) is 6.58. The lowest BCUT2D eigenvalue weighted by Crippen LogP contribution is -2.25. The molecule has 0 aliphatic carbocycles. The van der Waals surface area contributed by atoms with Gasteiger partial charge in [0.25, 0.3) is 5.91 Å². The number of benzene rings is 4. The maximum atomic E-state index is 12.6. The fraction of sp³-hybridized carbons (Fsp3) is 0.143. The summed E-state index contributed by atoms with van der Waals surface area (Å²) in [5.74, 6) is 1.61.